The Hall–Kier alpha value is -1.59. The maximum Gasteiger partial charge on any atom is 0.298 e. The van der Waals surface area contributed by atoms with Crippen molar-refractivity contribution in [3.63, 3.8) is 0 Å². The van der Waals surface area contributed by atoms with Gasteiger partial charge < -0.3 is 19.2 Å². The fourth-order valence-electron chi connectivity index (χ4n) is 4.11. The number of benzene rings is 1. The lowest BCUT2D eigenvalue weighted by Crippen LogP contribution is -2.56. The second-order valence-corrected chi connectivity index (χ2v) is 6.94. The summed E-state index contributed by atoms with van der Waals surface area (Å²) in [4.78, 5) is 6.75. The highest BCUT2D eigenvalue weighted by Gasteiger charge is 2.45. The van der Waals surface area contributed by atoms with E-state index < -0.39 is 5.60 Å². The molecule has 0 aliphatic carbocycles. The molecule has 23 heavy (non-hydrogen) atoms. The number of aliphatic hydroxyl groups is 1. The number of nitrogens with zero attached hydrogens (tertiary/aromatic N) is 2. The molecule has 0 unspecified atom stereocenters. The van der Waals surface area contributed by atoms with Crippen molar-refractivity contribution in [2.75, 3.05) is 31.2 Å². The van der Waals surface area contributed by atoms with Crippen molar-refractivity contribution in [2.24, 2.45) is 11.8 Å². The van der Waals surface area contributed by atoms with E-state index in [0.717, 1.165) is 56.7 Å². The number of oxazole rings is 1. The van der Waals surface area contributed by atoms with Crippen molar-refractivity contribution in [1.29, 1.82) is 0 Å². The van der Waals surface area contributed by atoms with Gasteiger partial charge in [-0.3, -0.25) is 0 Å². The molecule has 2 saturated heterocycles. The molecule has 5 nitrogen and oxygen atoms in total. The van der Waals surface area contributed by atoms with Gasteiger partial charge in [0.05, 0.1) is 5.60 Å². The summed E-state index contributed by atoms with van der Waals surface area (Å²) in [5.41, 5.74) is 1.12. The highest BCUT2D eigenvalue weighted by Crippen LogP contribution is 2.40. The number of hydrogen-bond donors (Lipinski definition) is 1. The van der Waals surface area contributed by atoms with Crippen LogP contribution in [0.2, 0.25) is 0 Å². The van der Waals surface area contributed by atoms with Crippen LogP contribution in [0, 0.1) is 11.8 Å². The second kappa shape index (κ2) is 5.80. The van der Waals surface area contributed by atoms with E-state index in [-0.39, 0.29) is 5.92 Å². The van der Waals surface area contributed by atoms with E-state index in [9.17, 15) is 5.11 Å². The first-order valence-electron chi connectivity index (χ1n) is 8.57. The van der Waals surface area contributed by atoms with Crippen LogP contribution in [0.25, 0.3) is 11.1 Å². The third kappa shape index (κ3) is 2.62. The van der Waals surface area contributed by atoms with Crippen LogP contribution < -0.4 is 4.90 Å². The highest BCUT2D eigenvalue weighted by atomic mass is 16.5. The number of hydrogen-bond acceptors (Lipinski definition) is 5. The summed E-state index contributed by atoms with van der Waals surface area (Å²) in [6.07, 6.45) is 2.69. The fourth-order valence-corrected chi connectivity index (χ4v) is 4.11. The average Bonchev–Trinajstić information content (AvgIpc) is 3.02. The first-order valence-corrected chi connectivity index (χ1v) is 8.57. The van der Waals surface area contributed by atoms with E-state index in [0.29, 0.717) is 11.9 Å². The van der Waals surface area contributed by atoms with Crippen LogP contribution >= 0.6 is 0 Å². The van der Waals surface area contributed by atoms with Crippen LogP contribution in [0.4, 0.5) is 6.01 Å². The van der Waals surface area contributed by atoms with E-state index in [1.165, 1.54) is 0 Å². The topological polar surface area (TPSA) is 58.7 Å². The lowest BCUT2D eigenvalue weighted by molar-refractivity contribution is -0.108. The minimum Gasteiger partial charge on any atom is -0.423 e. The predicted octanol–water partition coefficient (Wildman–Crippen LogP) is 2.83. The van der Waals surface area contributed by atoms with Gasteiger partial charge in [0.25, 0.3) is 6.01 Å². The quantitative estimate of drug-likeness (QED) is 0.923. The minimum absolute atomic E-state index is 0.189. The molecule has 1 N–H and O–H groups in total. The van der Waals surface area contributed by atoms with Crippen molar-refractivity contribution in [2.45, 2.75) is 31.8 Å². The zero-order valence-electron chi connectivity index (χ0n) is 13.6. The molecule has 5 heteroatoms. The maximum absolute atomic E-state index is 11.2. The first-order chi connectivity index (χ1) is 11.2. The van der Waals surface area contributed by atoms with Crippen molar-refractivity contribution >= 4 is 17.1 Å². The second-order valence-electron chi connectivity index (χ2n) is 6.94. The Kier molecular flexibility index (Phi) is 3.77. The summed E-state index contributed by atoms with van der Waals surface area (Å²) in [5, 5.41) is 11.2. The summed E-state index contributed by atoms with van der Waals surface area (Å²) < 4.78 is 11.3. The molecule has 4 rings (SSSR count). The van der Waals surface area contributed by atoms with Crippen LogP contribution in [-0.4, -0.2) is 42.0 Å². The van der Waals surface area contributed by atoms with Crippen LogP contribution in [0.15, 0.2) is 28.7 Å². The predicted molar refractivity (Wildman–Crippen MR) is 88.5 cm³/mol. The molecule has 0 radical (unpaired) electrons. The maximum atomic E-state index is 11.2. The van der Waals surface area contributed by atoms with Gasteiger partial charge in [-0.15, -0.1) is 0 Å². The number of para-hydroxylation sites is 2. The van der Waals surface area contributed by atoms with Crippen LogP contribution in [0.1, 0.15) is 26.2 Å². The SMILES string of the molecule is C[C@@H]1CN(c2nc3ccccc3o2)CC[C@@]1(O)C1CCOCC1. The number of fused-ring (bicyclic) bond motifs is 1. The molecule has 2 fully saturated rings. The van der Waals surface area contributed by atoms with Crippen molar-refractivity contribution in [3.8, 4) is 0 Å². The molecule has 2 aliphatic heterocycles. The molecule has 124 valence electrons. The molecule has 0 amide bonds. The average molecular weight is 316 g/mol. The molecule has 2 aromatic rings. The van der Waals surface area contributed by atoms with E-state index >= 15 is 0 Å². The smallest absolute Gasteiger partial charge is 0.298 e. The van der Waals surface area contributed by atoms with Gasteiger partial charge in [0.1, 0.15) is 5.52 Å². The highest BCUT2D eigenvalue weighted by molar-refractivity contribution is 5.74. The summed E-state index contributed by atoms with van der Waals surface area (Å²) in [6.45, 7) is 5.25. The molecule has 2 aliphatic rings. The third-order valence-electron chi connectivity index (χ3n) is 5.61. The van der Waals surface area contributed by atoms with Crippen LogP contribution in [0.5, 0.6) is 0 Å². The van der Waals surface area contributed by atoms with Crippen molar-refractivity contribution in [3.05, 3.63) is 24.3 Å². The van der Waals surface area contributed by atoms with E-state index in [4.69, 9.17) is 9.15 Å². The zero-order chi connectivity index (χ0) is 15.9. The number of anilines is 1. The van der Waals surface area contributed by atoms with Crippen molar-refractivity contribution < 1.29 is 14.3 Å². The van der Waals surface area contributed by atoms with Gasteiger partial charge in [0, 0.05) is 32.2 Å². The number of ether oxygens (including phenoxy) is 1. The lowest BCUT2D eigenvalue weighted by atomic mass is 9.70. The Labute approximate surface area is 136 Å². The summed E-state index contributed by atoms with van der Waals surface area (Å²) in [5.74, 6) is 0.534. The van der Waals surface area contributed by atoms with Gasteiger partial charge in [0.15, 0.2) is 5.58 Å². The number of piperidine rings is 1. The summed E-state index contributed by atoms with van der Waals surface area (Å²) >= 11 is 0. The Morgan fingerprint density at radius 1 is 1.26 bits per heavy atom. The van der Waals surface area contributed by atoms with Crippen LogP contribution in [-0.2, 0) is 4.74 Å². The minimum atomic E-state index is -0.591. The van der Waals surface area contributed by atoms with Crippen LogP contribution in [0.3, 0.4) is 0 Å². The Morgan fingerprint density at radius 3 is 2.78 bits per heavy atom. The number of aromatic nitrogens is 1. The molecular formula is C18H24N2O3. The standard InChI is InChI=1S/C18H24N2O3/c1-13-12-20(17-19-15-4-2-3-5-16(15)23-17)9-8-18(13,21)14-6-10-22-11-7-14/h2-5,13-14,21H,6-12H2,1H3/t13-,18+/m1/s1. The molecule has 0 bridgehead atoms. The molecule has 2 atom stereocenters. The van der Waals surface area contributed by atoms with Gasteiger partial charge in [-0.05, 0) is 37.3 Å². The molecule has 0 saturated carbocycles. The van der Waals surface area contributed by atoms with Gasteiger partial charge in [0.2, 0.25) is 0 Å². The molecule has 3 heterocycles. The van der Waals surface area contributed by atoms with E-state index in [1.54, 1.807) is 0 Å². The molecule has 1 aromatic carbocycles. The zero-order valence-corrected chi connectivity index (χ0v) is 13.6. The lowest BCUT2D eigenvalue weighted by Gasteiger charge is -2.48. The van der Waals surface area contributed by atoms with Gasteiger partial charge in [-0.1, -0.05) is 19.1 Å². The first kappa shape index (κ1) is 15.0. The summed E-state index contributed by atoms with van der Waals surface area (Å²) in [7, 11) is 0. The summed E-state index contributed by atoms with van der Waals surface area (Å²) in [6, 6.07) is 8.51. The van der Waals surface area contributed by atoms with Gasteiger partial charge in [-0.25, -0.2) is 0 Å². The number of rotatable bonds is 2. The third-order valence-corrected chi connectivity index (χ3v) is 5.61. The monoisotopic (exact) mass is 316 g/mol. The molecular weight excluding hydrogens is 292 g/mol. The molecule has 0 spiro atoms. The van der Waals surface area contributed by atoms with Crippen molar-refractivity contribution in [1.82, 2.24) is 4.98 Å². The molecule has 1 aromatic heterocycles. The van der Waals surface area contributed by atoms with Gasteiger partial charge >= 0.3 is 0 Å². The normalized spacial score (nSPS) is 30.0. The largest absolute Gasteiger partial charge is 0.423 e. The Balaban J connectivity index is 1.52. The Bertz CT molecular complexity index is 647. The van der Waals surface area contributed by atoms with Gasteiger partial charge in [-0.2, -0.15) is 4.98 Å². The fraction of sp³-hybridized carbons (Fsp3) is 0.611. The van der Waals surface area contributed by atoms with E-state index in [2.05, 4.69) is 16.8 Å². The van der Waals surface area contributed by atoms with E-state index in [1.807, 2.05) is 24.3 Å². The Morgan fingerprint density at radius 2 is 2.04 bits per heavy atom.